The predicted octanol–water partition coefficient (Wildman–Crippen LogP) is 5.87. The average Bonchev–Trinajstić information content (AvgIpc) is 2.76. The highest BCUT2D eigenvalue weighted by atomic mass is 79.9. The first-order valence-electron chi connectivity index (χ1n) is 10.8. The number of amides is 1. The van der Waals surface area contributed by atoms with Crippen molar-refractivity contribution in [2.45, 2.75) is 39.2 Å². The van der Waals surface area contributed by atoms with Crippen molar-refractivity contribution >= 4 is 50.1 Å². The Bertz CT molecular complexity index is 1230. The van der Waals surface area contributed by atoms with E-state index in [2.05, 4.69) is 36.5 Å². The number of anilines is 2. The smallest absolute Gasteiger partial charge is 0.407 e. The van der Waals surface area contributed by atoms with E-state index in [1.54, 1.807) is 26.8 Å². The Labute approximate surface area is 209 Å². The van der Waals surface area contributed by atoms with Crippen molar-refractivity contribution < 1.29 is 23.6 Å². The van der Waals surface area contributed by atoms with E-state index in [1.807, 2.05) is 0 Å². The molecule has 0 aliphatic carbocycles. The van der Waals surface area contributed by atoms with Crippen LogP contribution in [0.4, 0.5) is 26.4 Å². The number of carbonyl (C=O) groups excluding carboxylic acids is 1. The van der Waals surface area contributed by atoms with Crippen molar-refractivity contribution in [2.24, 2.45) is 0 Å². The molecule has 12 heteroatoms. The molecule has 0 atom stereocenters. The van der Waals surface area contributed by atoms with Gasteiger partial charge in [-0.1, -0.05) is 15.9 Å². The monoisotopic (exact) mass is 549 g/mol. The van der Waals surface area contributed by atoms with Gasteiger partial charge in [-0.05, 0) is 51.8 Å². The molecule has 0 bridgehead atoms. The summed E-state index contributed by atoms with van der Waals surface area (Å²) in [7, 11) is 0. The summed E-state index contributed by atoms with van der Waals surface area (Å²) in [5.74, 6) is -0.233. The molecule has 3 rings (SSSR count). The number of benzene rings is 2. The van der Waals surface area contributed by atoms with Gasteiger partial charge in [-0.25, -0.2) is 19.2 Å². The summed E-state index contributed by atoms with van der Waals surface area (Å²) in [6.45, 7) is 5.91. The molecule has 10 nitrogen and oxygen atoms in total. The van der Waals surface area contributed by atoms with E-state index in [1.165, 1.54) is 30.6 Å². The molecule has 2 N–H and O–H groups in total. The minimum Gasteiger partial charge on any atom is -0.487 e. The van der Waals surface area contributed by atoms with Gasteiger partial charge >= 0.3 is 11.8 Å². The van der Waals surface area contributed by atoms with Gasteiger partial charge in [-0.15, -0.1) is 0 Å². The molecule has 3 aromatic rings. The number of alkyl carbamates (subject to hydrolysis) is 1. The molecule has 0 spiro atoms. The third kappa shape index (κ3) is 7.47. The van der Waals surface area contributed by atoms with Crippen LogP contribution in [0.3, 0.4) is 0 Å². The molecule has 186 valence electrons. The van der Waals surface area contributed by atoms with Crippen LogP contribution in [0.5, 0.6) is 5.75 Å². The lowest BCUT2D eigenvalue weighted by atomic mass is 10.2. The second kappa shape index (κ2) is 11.3. The summed E-state index contributed by atoms with van der Waals surface area (Å²) in [6, 6.07) is 7.23. The molecular formula is C23H25BrFN5O5. The van der Waals surface area contributed by atoms with Crippen LogP contribution in [-0.4, -0.2) is 39.7 Å². The van der Waals surface area contributed by atoms with Crippen molar-refractivity contribution in [1.29, 1.82) is 0 Å². The number of aromatic nitrogens is 2. The topological polar surface area (TPSA) is 129 Å². The number of carbonyl (C=O) groups is 1. The van der Waals surface area contributed by atoms with Crippen LogP contribution in [0.1, 0.15) is 33.6 Å². The number of hydrogen-bond donors (Lipinski definition) is 2. The summed E-state index contributed by atoms with van der Waals surface area (Å²) in [5.41, 5.74) is -0.282. The highest BCUT2D eigenvalue weighted by Crippen LogP contribution is 2.35. The zero-order valence-corrected chi connectivity index (χ0v) is 21.0. The Morgan fingerprint density at radius 3 is 2.66 bits per heavy atom. The van der Waals surface area contributed by atoms with Gasteiger partial charge in [0.05, 0.1) is 28.1 Å². The number of nitrogens with one attached hydrogen (secondary N) is 2. The molecule has 0 radical (unpaired) electrons. The van der Waals surface area contributed by atoms with Crippen LogP contribution in [0.15, 0.2) is 41.1 Å². The number of hydrogen-bond acceptors (Lipinski definition) is 8. The van der Waals surface area contributed by atoms with E-state index >= 15 is 0 Å². The zero-order valence-electron chi connectivity index (χ0n) is 19.4. The van der Waals surface area contributed by atoms with E-state index in [0.29, 0.717) is 34.8 Å². The van der Waals surface area contributed by atoms with Crippen molar-refractivity contribution in [1.82, 2.24) is 15.3 Å². The van der Waals surface area contributed by atoms with Crippen molar-refractivity contribution in [3.63, 3.8) is 0 Å². The SMILES string of the molecule is CC(C)(C)OC(=O)NCCCCOc1cc2ncnc(Nc3ccc(Br)cc3F)c2cc1[N+](=O)[O-]. The van der Waals surface area contributed by atoms with Crippen molar-refractivity contribution in [3.05, 3.63) is 57.1 Å². The normalized spacial score (nSPS) is 11.2. The highest BCUT2D eigenvalue weighted by Gasteiger charge is 2.20. The van der Waals surface area contributed by atoms with Crippen molar-refractivity contribution in [2.75, 3.05) is 18.5 Å². The number of nitrogens with zero attached hydrogens (tertiary/aromatic N) is 3. The summed E-state index contributed by atoms with van der Waals surface area (Å²) in [4.78, 5) is 31.1. The Hall–Kier alpha value is -3.54. The minimum atomic E-state index is -0.576. The molecule has 2 aromatic carbocycles. The lowest BCUT2D eigenvalue weighted by Gasteiger charge is -2.19. The summed E-state index contributed by atoms with van der Waals surface area (Å²) >= 11 is 3.20. The van der Waals surface area contributed by atoms with Crippen LogP contribution in [-0.2, 0) is 4.74 Å². The molecule has 0 aliphatic heterocycles. The molecule has 0 aliphatic rings. The predicted molar refractivity (Wildman–Crippen MR) is 133 cm³/mol. The molecule has 1 aromatic heterocycles. The maximum atomic E-state index is 14.3. The molecule has 0 saturated heterocycles. The summed E-state index contributed by atoms with van der Waals surface area (Å²) < 4.78 is 25.6. The van der Waals surface area contributed by atoms with Gasteiger partial charge < -0.3 is 20.1 Å². The van der Waals surface area contributed by atoms with E-state index < -0.39 is 22.4 Å². The van der Waals surface area contributed by atoms with Crippen LogP contribution in [0.2, 0.25) is 0 Å². The number of halogens is 2. The van der Waals surface area contributed by atoms with Gasteiger partial charge in [0.2, 0.25) is 0 Å². The zero-order chi connectivity index (χ0) is 25.6. The first-order chi connectivity index (χ1) is 16.5. The van der Waals surface area contributed by atoms with Crippen molar-refractivity contribution in [3.8, 4) is 5.75 Å². The second-order valence-electron chi connectivity index (χ2n) is 8.55. The fourth-order valence-electron chi connectivity index (χ4n) is 3.06. The lowest BCUT2D eigenvalue weighted by Crippen LogP contribution is -2.33. The second-order valence-corrected chi connectivity index (χ2v) is 9.47. The van der Waals surface area contributed by atoms with Crippen LogP contribution >= 0.6 is 15.9 Å². The lowest BCUT2D eigenvalue weighted by molar-refractivity contribution is -0.385. The fraction of sp³-hybridized carbons (Fsp3) is 0.348. The van der Waals surface area contributed by atoms with Gasteiger partial charge in [0.15, 0.2) is 5.75 Å². The van der Waals surface area contributed by atoms with E-state index in [0.717, 1.165) is 0 Å². The maximum Gasteiger partial charge on any atom is 0.407 e. The van der Waals surface area contributed by atoms with Gasteiger partial charge in [-0.3, -0.25) is 10.1 Å². The first kappa shape index (κ1) is 26.1. The number of fused-ring (bicyclic) bond motifs is 1. The Kier molecular flexibility index (Phi) is 8.39. The fourth-order valence-corrected chi connectivity index (χ4v) is 3.40. The van der Waals surface area contributed by atoms with E-state index in [-0.39, 0.29) is 29.5 Å². The molecule has 35 heavy (non-hydrogen) atoms. The van der Waals surface area contributed by atoms with E-state index in [9.17, 15) is 19.3 Å². The van der Waals surface area contributed by atoms with Gasteiger partial charge in [0.25, 0.3) is 0 Å². The quantitative estimate of drug-likeness (QED) is 0.192. The molecular weight excluding hydrogens is 525 g/mol. The third-order valence-electron chi connectivity index (χ3n) is 4.59. The number of nitro groups is 1. The van der Waals surface area contributed by atoms with Gasteiger partial charge in [0.1, 0.15) is 23.6 Å². The summed E-state index contributed by atoms with van der Waals surface area (Å²) in [5, 5.41) is 17.5. The standard InChI is InChI=1S/C23H25BrFN5O5/c1-23(2,3)35-22(31)26-8-4-5-9-34-20-12-18-15(11-19(20)30(32)33)21(28-13-27-18)29-17-7-6-14(24)10-16(17)25/h6-7,10-13H,4-5,8-9H2,1-3H3,(H,26,31)(H,27,28,29). The van der Waals surface area contributed by atoms with Gasteiger partial charge in [0, 0.05) is 23.2 Å². The largest absolute Gasteiger partial charge is 0.487 e. The maximum absolute atomic E-state index is 14.3. The Morgan fingerprint density at radius 2 is 1.97 bits per heavy atom. The highest BCUT2D eigenvalue weighted by molar-refractivity contribution is 9.10. The Balaban J connectivity index is 1.68. The molecule has 0 unspecified atom stereocenters. The average molecular weight is 550 g/mol. The minimum absolute atomic E-state index is 0.0575. The van der Waals surface area contributed by atoms with Gasteiger partial charge in [-0.2, -0.15) is 0 Å². The number of nitro benzene ring substituents is 1. The van der Waals surface area contributed by atoms with Crippen LogP contribution < -0.4 is 15.4 Å². The molecule has 0 saturated carbocycles. The Morgan fingerprint density at radius 1 is 1.20 bits per heavy atom. The number of unbranched alkanes of at least 4 members (excludes halogenated alkanes) is 1. The number of ether oxygens (including phenoxy) is 2. The third-order valence-corrected chi connectivity index (χ3v) is 5.09. The molecule has 0 fully saturated rings. The molecule has 1 amide bonds. The molecule has 1 heterocycles. The number of rotatable bonds is 9. The van der Waals surface area contributed by atoms with E-state index in [4.69, 9.17) is 9.47 Å². The summed E-state index contributed by atoms with van der Waals surface area (Å²) in [6.07, 6.45) is 1.91. The van der Waals surface area contributed by atoms with Crippen LogP contribution in [0.25, 0.3) is 10.9 Å². The first-order valence-corrected chi connectivity index (χ1v) is 11.6. The van der Waals surface area contributed by atoms with Crippen LogP contribution in [0, 0.1) is 15.9 Å².